The molecule has 1 N–H and O–H groups in total. The van der Waals surface area contributed by atoms with Crippen molar-refractivity contribution in [2.75, 3.05) is 13.2 Å². The minimum Gasteiger partial charge on any atom is -0.377 e. The molecule has 2 aromatic rings. The molecule has 1 aliphatic heterocycles. The summed E-state index contributed by atoms with van der Waals surface area (Å²) >= 11 is 0. The molecule has 1 aromatic carbocycles. The van der Waals surface area contributed by atoms with E-state index in [-0.39, 0.29) is 17.4 Å². The molecular formula is C21H30N2O2. The third-order valence-corrected chi connectivity index (χ3v) is 5.16. The second-order valence-electron chi connectivity index (χ2n) is 8.32. The zero-order chi connectivity index (χ0) is 18.0. The van der Waals surface area contributed by atoms with Gasteiger partial charge in [0.25, 0.3) is 0 Å². The van der Waals surface area contributed by atoms with Crippen LogP contribution in [-0.4, -0.2) is 29.7 Å². The summed E-state index contributed by atoms with van der Waals surface area (Å²) in [6.45, 7) is 10.6. The Kier molecular flexibility index (Phi) is 5.19. The molecule has 3 rings (SSSR count). The Balaban J connectivity index is 1.62. The number of hydrogen-bond acceptors (Lipinski definition) is 2. The van der Waals surface area contributed by atoms with Crippen molar-refractivity contribution < 1.29 is 9.53 Å². The van der Waals surface area contributed by atoms with Crippen molar-refractivity contribution in [1.82, 2.24) is 9.88 Å². The van der Waals surface area contributed by atoms with E-state index in [1.54, 1.807) is 0 Å². The predicted octanol–water partition coefficient (Wildman–Crippen LogP) is 3.91. The molecular weight excluding hydrogens is 312 g/mol. The van der Waals surface area contributed by atoms with Crippen LogP contribution in [0.25, 0.3) is 10.9 Å². The smallest absolute Gasteiger partial charge is 0.239 e. The number of rotatable bonds is 4. The Bertz CT molecular complexity index is 742. The van der Waals surface area contributed by atoms with E-state index in [1.807, 2.05) is 16.7 Å². The molecule has 4 heteroatoms. The number of aromatic nitrogens is 1. The standard InChI is InChI=1S/C21H30N2O2/c1-15-13-23(18-10-6-5-9-17(15)18)14-19(24)22-12-16-8-7-11-25-20(16)21(2,3)4/h5-6,9-10,13,16,20H,7-8,11-12,14H2,1-4H3,(H,22,24)/t16-,20-/m0/s1. The molecule has 0 spiro atoms. The van der Waals surface area contributed by atoms with E-state index >= 15 is 0 Å². The van der Waals surface area contributed by atoms with E-state index < -0.39 is 0 Å². The Labute approximate surface area is 150 Å². The number of aryl methyl sites for hydroxylation is 1. The largest absolute Gasteiger partial charge is 0.377 e. The zero-order valence-electron chi connectivity index (χ0n) is 15.8. The highest BCUT2D eigenvalue weighted by Crippen LogP contribution is 2.33. The zero-order valence-corrected chi connectivity index (χ0v) is 15.8. The summed E-state index contributed by atoms with van der Waals surface area (Å²) < 4.78 is 8.05. The second kappa shape index (κ2) is 7.20. The van der Waals surface area contributed by atoms with E-state index in [2.05, 4.69) is 51.3 Å². The van der Waals surface area contributed by atoms with Gasteiger partial charge in [0.1, 0.15) is 6.54 Å². The van der Waals surface area contributed by atoms with Gasteiger partial charge in [0.15, 0.2) is 0 Å². The first-order valence-electron chi connectivity index (χ1n) is 9.29. The van der Waals surface area contributed by atoms with Crippen LogP contribution in [0, 0.1) is 18.3 Å². The highest BCUT2D eigenvalue weighted by Gasteiger charge is 2.35. The second-order valence-corrected chi connectivity index (χ2v) is 8.32. The van der Waals surface area contributed by atoms with Gasteiger partial charge in [-0.05, 0) is 36.8 Å². The van der Waals surface area contributed by atoms with Gasteiger partial charge < -0.3 is 14.6 Å². The molecule has 25 heavy (non-hydrogen) atoms. The fourth-order valence-corrected chi connectivity index (χ4v) is 4.03. The molecule has 0 unspecified atom stereocenters. The molecule has 1 aromatic heterocycles. The van der Waals surface area contributed by atoms with Gasteiger partial charge in [0.2, 0.25) is 5.91 Å². The minimum atomic E-state index is 0.0685. The predicted molar refractivity (Wildman–Crippen MR) is 102 cm³/mol. The fraction of sp³-hybridized carbons (Fsp3) is 0.571. The van der Waals surface area contributed by atoms with Gasteiger partial charge in [-0.2, -0.15) is 0 Å². The van der Waals surface area contributed by atoms with Gasteiger partial charge >= 0.3 is 0 Å². The van der Waals surface area contributed by atoms with Gasteiger partial charge in [0.05, 0.1) is 6.10 Å². The van der Waals surface area contributed by atoms with Gasteiger partial charge in [0, 0.05) is 36.2 Å². The Hall–Kier alpha value is -1.81. The van der Waals surface area contributed by atoms with Crippen LogP contribution in [0.3, 0.4) is 0 Å². The van der Waals surface area contributed by atoms with E-state index in [1.165, 1.54) is 10.9 Å². The first-order chi connectivity index (χ1) is 11.9. The fourth-order valence-electron chi connectivity index (χ4n) is 4.03. The van der Waals surface area contributed by atoms with Crippen molar-refractivity contribution in [3.63, 3.8) is 0 Å². The van der Waals surface area contributed by atoms with Crippen molar-refractivity contribution >= 4 is 16.8 Å². The monoisotopic (exact) mass is 342 g/mol. The van der Waals surface area contributed by atoms with Crippen LogP contribution in [0.15, 0.2) is 30.5 Å². The van der Waals surface area contributed by atoms with Crippen LogP contribution >= 0.6 is 0 Å². The van der Waals surface area contributed by atoms with Crippen molar-refractivity contribution in [3.8, 4) is 0 Å². The van der Waals surface area contributed by atoms with Crippen LogP contribution < -0.4 is 5.32 Å². The summed E-state index contributed by atoms with van der Waals surface area (Å²) in [5.41, 5.74) is 2.42. The minimum absolute atomic E-state index is 0.0685. The summed E-state index contributed by atoms with van der Waals surface area (Å²) in [5.74, 6) is 0.458. The molecule has 1 saturated heterocycles. The Morgan fingerprint density at radius 2 is 2.08 bits per heavy atom. The van der Waals surface area contributed by atoms with E-state index in [4.69, 9.17) is 4.74 Å². The van der Waals surface area contributed by atoms with Gasteiger partial charge in [-0.15, -0.1) is 0 Å². The third-order valence-electron chi connectivity index (χ3n) is 5.16. The maximum Gasteiger partial charge on any atom is 0.239 e. The molecule has 1 fully saturated rings. The lowest BCUT2D eigenvalue weighted by Crippen LogP contribution is -2.45. The third kappa shape index (κ3) is 4.06. The summed E-state index contributed by atoms with van der Waals surface area (Å²) in [4.78, 5) is 12.5. The number of para-hydroxylation sites is 1. The van der Waals surface area contributed by atoms with Crippen LogP contribution in [0.5, 0.6) is 0 Å². The summed E-state index contributed by atoms with van der Waals surface area (Å²) in [6, 6.07) is 8.23. The average molecular weight is 342 g/mol. The lowest BCUT2D eigenvalue weighted by atomic mass is 9.78. The lowest BCUT2D eigenvalue weighted by Gasteiger charge is -2.40. The number of hydrogen-bond donors (Lipinski definition) is 1. The number of fused-ring (bicyclic) bond motifs is 1. The van der Waals surface area contributed by atoms with Crippen molar-refractivity contribution in [2.24, 2.45) is 11.3 Å². The number of amides is 1. The molecule has 2 heterocycles. The molecule has 1 aliphatic rings. The molecule has 2 atom stereocenters. The first-order valence-corrected chi connectivity index (χ1v) is 9.29. The first kappa shape index (κ1) is 18.0. The number of nitrogens with zero attached hydrogens (tertiary/aromatic N) is 1. The molecule has 0 bridgehead atoms. The molecule has 1 amide bonds. The number of benzene rings is 1. The number of carbonyl (C=O) groups excluding carboxylic acids is 1. The molecule has 0 aliphatic carbocycles. The Morgan fingerprint density at radius 1 is 1.32 bits per heavy atom. The summed E-state index contributed by atoms with van der Waals surface area (Å²) in [7, 11) is 0. The van der Waals surface area contributed by atoms with Gasteiger partial charge in [-0.3, -0.25) is 4.79 Å². The van der Waals surface area contributed by atoms with E-state index in [9.17, 15) is 4.79 Å². The number of ether oxygens (including phenoxy) is 1. The van der Waals surface area contributed by atoms with Crippen LogP contribution in [0.2, 0.25) is 0 Å². The SMILES string of the molecule is Cc1cn(CC(=O)NC[C@@H]2CCCO[C@@H]2C(C)(C)C)c2ccccc12. The Morgan fingerprint density at radius 3 is 2.84 bits per heavy atom. The average Bonchev–Trinajstić information content (AvgIpc) is 2.89. The normalized spacial score (nSPS) is 21.4. The molecule has 0 saturated carbocycles. The van der Waals surface area contributed by atoms with E-state index in [0.717, 1.165) is 25.0 Å². The summed E-state index contributed by atoms with van der Waals surface area (Å²) in [5, 5.41) is 4.35. The number of carbonyl (C=O) groups is 1. The van der Waals surface area contributed by atoms with Crippen LogP contribution in [0.4, 0.5) is 0 Å². The highest BCUT2D eigenvalue weighted by molar-refractivity contribution is 5.85. The maximum atomic E-state index is 12.5. The van der Waals surface area contributed by atoms with Crippen molar-refractivity contribution in [2.45, 2.75) is 53.2 Å². The quantitative estimate of drug-likeness (QED) is 0.915. The summed E-state index contributed by atoms with van der Waals surface area (Å²) in [6.07, 6.45) is 4.46. The van der Waals surface area contributed by atoms with Crippen LogP contribution in [-0.2, 0) is 16.1 Å². The molecule has 4 nitrogen and oxygen atoms in total. The maximum absolute atomic E-state index is 12.5. The molecule has 136 valence electrons. The topological polar surface area (TPSA) is 43.3 Å². The molecule has 0 radical (unpaired) electrons. The lowest BCUT2D eigenvalue weighted by molar-refractivity contribution is -0.123. The van der Waals surface area contributed by atoms with Gasteiger partial charge in [-0.1, -0.05) is 39.0 Å². The van der Waals surface area contributed by atoms with Crippen molar-refractivity contribution in [3.05, 3.63) is 36.0 Å². The van der Waals surface area contributed by atoms with E-state index in [0.29, 0.717) is 19.0 Å². The van der Waals surface area contributed by atoms with Crippen molar-refractivity contribution in [1.29, 1.82) is 0 Å². The van der Waals surface area contributed by atoms with Gasteiger partial charge in [-0.25, -0.2) is 0 Å². The van der Waals surface area contributed by atoms with Crippen LogP contribution in [0.1, 0.15) is 39.2 Å². The number of nitrogens with one attached hydrogen (secondary N) is 1. The highest BCUT2D eigenvalue weighted by atomic mass is 16.5.